The lowest BCUT2D eigenvalue weighted by atomic mass is 10.1. The predicted molar refractivity (Wildman–Crippen MR) is 124 cm³/mol. The molecule has 0 aromatic carbocycles. The van der Waals surface area contributed by atoms with Crippen LogP contribution in [0.4, 0.5) is 0 Å². The minimum atomic E-state index is 0. The van der Waals surface area contributed by atoms with Crippen molar-refractivity contribution >= 4 is 30.7 Å². The van der Waals surface area contributed by atoms with E-state index in [-0.39, 0.29) is 30.7 Å². The molecule has 0 bridgehead atoms. The minimum absolute atomic E-state index is 0. The van der Waals surface area contributed by atoms with E-state index in [4.69, 9.17) is 0 Å². The van der Waals surface area contributed by atoms with E-state index >= 15 is 0 Å². The molecule has 0 spiro atoms. The van der Waals surface area contributed by atoms with Gasteiger partial charge in [-0.3, -0.25) is 9.78 Å². The van der Waals surface area contributed by atoms with Crippen LogP contribution in [0.15, 0.2) is 30.5 Å². The van der Waals surface area contributed by atoms with Gasteiger partial charge in [0.2, 0.25) is 0 Å². The molecular formula is C22H34Cl2N4O. The lowest BCUT2D eigenvalue weighted by Gasteiger charge is -2.16. The highest BCUT2D eigenvalue weighted by Crippen LogP contribution is 2.18. The first-order valence-electron chi connectivity index (χ1n) is 10.2. The molecule has 3 rings (SSSR count). The molecule has 2 aromatic rings. The van der Waals surface area contributed by atoms with Gasteiger partial charge < -0.3 is 15.2 Å². The van der Waals surface area contributed by atoms with Gasteiger partial charge >= 0.3 is 0 Å². The first kappa shape index (κ1) is 25.5. The number of carbonyl (C=O) groups is 1. The van der Waals surface area contributed by atoms with Crippen molar-refractivity contribution in [3.8, 4) is 0 Å². The summed E-state index contributed by atoms with van der Waals surface area (Å²) in [5.74, 6) is 0.0121. The molecule has 5 nitrogen and oxygen atoms in total. The van der Waals surface area contributed by atoms with Crippen LogP contribution < -0.4 is 10.6 Å². The van der Waals surface area contributed by atoms with Crippen molar-refractivity contribution in [3.05, 3.63) is 53.1 Å². The van der Waals surface area contributed by atoms with Crippen LogP contribution in [0.25, 0.3) is 0 Å². The number of carbonyl (C=O) groups excluding carboxylic acids is 1. The topological polar surface area (TPSA) is 59.0 Å². The van der Waals surface area contributed by atoms with Gasteiger partial charge in [0.15, 0.2) is 0 Å². The Balaban J connectivity index is 0.00000210. The average Bonchev–Trinajstić information content (AvgIpc) is 2.86. The smallest absolute Gasteiger partial charge is 0.253 e. The highest BCUT2D eigenvalue weighted by molar-refractivity contribution is 5.95. The third-order valence-corrected chi connectivity index (χ3v) is 5.56. The Hall–Kier alpha value is -1.56. The monoisotopic (exact) mass is 440 g/mol. The zero-order valence-corrected chi connectivity index (χ0v) is 19.1. The molecule has 2 aromatic heterocycles. The third-order valence-electron chi connectivity index (χ3n) is 5.56. The van der Waals surface area contributed by atoms with E-state index < -0.39 is 0 Å². The zero-order chi connectivity index (χ0) is 19.1. The number of hydrogen-bond acceptors (Lipinski definition) is 3. The molecule has 1 aliphatic rings. The summed E-state index contributed by atoms with van der Waals surface area (Å²) < 4.78 is 2.15. The van der Waals surface area contributed by atoms with Crippen LogP contribution in [0, 0.1) is 13.8 Å². The van der Waals surface area contributed by atoms with E-state index in [2.05, 4.69) is 20.2 Å². The molecule has 0 unspecified atom stereocenters. The summed E-state index contributed by atoms with van der Waals surface area (Å²) in [6.07, 6.45) is 9.72. The molecule has 2 N–H and O–H groups in total. The number of nitrogens with one attached hydrogen (secondary N) is 2. The number of nitrogens with zero attached hydrogens (tertiary/aromatic N) is 2. The normalized spacial score (nSPS) is 14.4. The fraction of sp³-hybridized carbons (Fsp3) is 0.545. The van der Waals surface area contributed by atoms with Gasteiger partial charge in [0.1, 0.15) is 0 Å². The Labute approximate surface area is 186 Å². The molecule has 2 heterocycles. The molecule has 1 fully saturated rings. The largest absolute Gasteiger partial charge is 0.351 e. The van der Waals surface area contributed by atoms with E-state index in [1.165, 1.54) is 38.5 Å². The van der Waals surface area contributed by atoms with Gasteiger partial charge in [-0.05, 0) is 44.9 Å². The molecule has 1 amide bonds. The van der Waals surface area contributed by atoms with Crippen molar-refractivity contribution in [3.63, 3.8) is 0 Å². The van der Waals surface area contributed by atoms with E-state index in [1.54, 1.807) is 6.20 Å². The highest BCUT2D eigenvalue weighted by atomic mass is 35.5. The van der Waals surface area contributed by atoms with Gasteiger partial charge in [-0.25, -0.2) is 0 Å². The average molecular weight is 441 g/mol. The fourth-order valence-corrected chi connectivity index (χ4v) is 3.96. The van der Waals surface area contributed by atoms with Crippen LogP contribution in [0.5, 0.6) is 0 Å². The number of rotatable bonds is 7. The quantitative estimate of drug-likeness (QED) is 0.494. The number of aromatic nitrogens is 2. The van der Waals surface area contributed by atoms with Crippen molar-refractivity contribution in [2.24, 2.45) is 0 Å². The number of amides is 1. The molecule has 0 aliphatic heterocycles. The van der Waals surface area contributed by atoms with E-state index in [0.29, 0.717) is 19.1 Å². The van der Waals surface area contributed by atoms with E-state index in [9.17, 15) is 4.79 Å². The summed E-state index contributed by atoms with van der Waals surface area (Å²) in [5.41, 5.74) is 3.84. The number of pyridine rings is 1. The second-order valence-electron chi connectivity index (χ2n) is 7.59. The standard InChI is InChI=1S/C22H32N4O.2ClH/c1-17-15-21(18(2)26(17)16-20-11-7-8-12-23-20)22(27)25-14-13-24-19-9-5-3-4-6-10-19;;/h7-8,11-12,15,19,24H,3-6,9-10,13-14,16H2,1-2H3,(H,25,27);2*1H. The summed E-state index contributed by atoms with van der Waals surface area (Å²) >= 11 is 0. The second-order valence-corrected chi connectivity index (χ2v) is 7.59. The van der Waals surface area contributed by atoms with Gasteiger partial charge in [0.25, 0.3) is 5.91 Å². The predicted octanol–water partition coefficient (Wildman–Crippen LogP) is 4.43. The molecule has 0 radical (unpaired) electrons. The maximum absolute atomic E-state index is 12.6. The molecule has 1 aliphatic carbocycles. The maximum Gasteiger partial charge on any atom is 0.253 e. The molecule has 29 heavy (non-hydrogen) atoms. The Morgan fingerprint density at radius 3 is 2.48 bits per heavy atom. The van der Waals surface area contributed by atoms with Gasteiger partial charge in [0, 0.05) is 36.7 Å². The molecule has 0 saturated heterocycles. The number of hydrogen-bond donors (Lipinski definition) is 2. The van der Waals surface area contributed by atoms with Crippen LogP contribution in [-0.4, -0.2) is 34.6 Å². The number of halogens is 2. The third kappa shape index (κ3) is 7.32. The zero-order valence-electron chi connectivity index (χ0n) is 17.4. The van der Waals surface area contributed by atoms with Crippen LogP contribution in [0.3, 0.4) is 0 Å². The van der Waals surface area contributed by atoms with Gasteiger partial charge in [-0.2, -0.15) is 0 Å². The van der Waals surface area contributed by atoms with Gasteiger partial charge in [-0.15, -0.1) is 24.8 Å². The Bertz CT molecular complexity index is 741. The Morgan fingerprint density at radius 1 is 1.10 bits per heavy atom. The fourth-order valence-electron chi connectivity index (χ4n) is 3.96. The minimum Gasteiger partial charge on any atom is -0.351 e. The van der Waals surface area contributed by atoms with E-state index in [1.807, 2.05) is 38.1 Å². The lowest BCUT2D eigenvalue weighted by Crippen LogP contribution is -2.37. The summed E-state index contributed by atoms with van der Waals surface area (Å²) in [7, 11) is 0. The second kappa shape index (κ2) is 12.9. The van der Waals surface area contributed by atoms with Crippen molar-refractivity contribution in [2.45, 2.75) is 65.0 Å². The summed E-state index contributed by atoms with van der Waals surface area (Å²) in [4.78, 5) is 17.0. The summed E-state index contributed by atoms with van der Waals surface area (Å²) in [6, 6.07) is 8.52. The Kier molecular flexibility index (Phi) is 11.3. The lowest BCUT2D eigenvalue weighted by molar-refractivity contribution is 0.0952. The first-order valence-corrected chi connectivity index (χ1v) is 10.2. The van der Waals surface area contributed by atoms with Crippen LogP contribution in [-0.2, 0) is 6.54 Å². The highest BCUT2D eigenvalue weighted by Gasteiger charge is 2.16. The molecule has 162 valence electrons. The van der Waals surface area contributed by atoms with E-state index in [0.717, 1.165) is 29.2 Å². The molecule has 7 heteroatoms. The SMILES string of the molecule is Cc1cc(C(=O)NCCNC2CCCCCC2)c(C)n1Cc1ccccn1.Cl.Cl. The van der Waals surface area contributed by atoms with Gasteiger partial charge in [-0.1, -0.05) is 31.7 Å². The summed E-state index contributed by atoms with van der Waals surface area (Å²) in [5, 5.41) is 6.67. The van der Waals surface area contributed by atoms with Crippen LogP contribution in [0.2, 0.25) is 0 Å². The van der Waals surface area contributed by atoms with Crippen molar-refractivity contribution in [1.82, 2.24) is 20.2 Å². The van der Waals surface area contributed by atoms with Crippen molar-refractivity contribution < 1.29 is 4.79 Å². The van der Waals surface area contributed by atoms with Crippen molar-refractivity contribution in [2.75, 3.05) is 13.1 Å². The molecule has 1 saturated carbocycles. The maximum atomic E-state index is 12.6. The number of aryl methyl sites for hydroxylation is 1. The summed E-state index contributed by atoms with van der Waals surface area (Å²) in [6.45, 7) is 6.24. The first-order chi connectivity index (χ1) is 13.1. The van der Waals surface area contributed by atoms with Crippen LogP contribution in [0.1, 0.15) is 66.0 Å². The van der Waals surface area contributed by atoms with Gasteiger partial charge in [0.05, 0.1) is 17.8 Å². The van der Waals surface area contributed by atoms with Crippen LogP contribution >= 0.6 is 24.8 Å². The van der Waals surface area contributed by atoms with Crippen molar-refractivity contribution in [1.29, 1.82) is 0 Å². The Morgan fingerprint density at radius 2 is 1.83 bits per heavy atom. The molecular weight excluding hydrogens is 407 g/mol. The molecule has 0 atom stereocenters.